The Hall–Kier alpha value is -1.32. The maximum atomic E-state index is 10.3. The zero-order valence-corrected chi connectivity index (χ0v) is 8.66. The van der Waals surface area contributed by atoms with Crippen LogP contribution in [-0.4, -0.2) is 20.9 Å². The number of carboxylic acid groups (broad SMARTS) is 1. The van der Waals surface area contributed by atoms with Gasteiger partial charge in [-0.3, -0.25) is 9.48 Å². The minimum atomic E-state index is -0.733. The van der Waals surface area contributed by atoms with Crippen LogP contribution in [0.1, 0.15) is 31.2 Å². The molecule has 0 unspecified atom stereocenters. The minimum Gasteiger partial charge on any atom is -0.481 e. The van der Waals surface area contributed by atoms with Crippen LogP contribution in [-0.2, 0) is 24.7 Å². The first-order chi connectivity index (χ1) is 6.63. The molecule has 4 nitrogen and oxygen atoms in total. The van der Waals surface area contributed by atoms with Gasteiger partial charge in [-0.15, -0.1) is 0 Å². The number of aliphatic carboxylic acids is 1. The van der Waals surface area contributed by atoms with Crippen LogP contribution in [0.5, 0.6) is 0 Å². The van der Waals surface area contributed by atoms with Gasteiger partial charge in [0.1, 0.15) is 0 Å². The molecule has 0 amide bonds. The van der Waals surface area contributed by atoms with E-state index in [1.165, 1.54) is 0 Å². The van der Waals surface area contributed by atoms with Gasteiger partial charge in [0.05, 0.1) is 5.69 Å². The molecule has 0 fully saturated rings. The number of aromatic nitrogens is 2. The number of nitrogens with zero attached hydrogens (tertiary/aromatic N) is 2. The van der Waals surface area contributed by atoms with Crippen LogP contribution in [0, 0.1) is 0 Å². The van der Waals surface area contributed by atoms with Gasteiger partial charge in [0.25, 0.3) is 0 Å². The summed E-state index contributed by atoms with van der Waals surface area (Å²) >= 11 is 0. The molecule has 0 radical (unpaired) electrons. The molecule has 0 aromatic carbocycles. The Bertz CT molecular complexity index is 318. The number of rotatable bonds is 5. The van der Waals surface area contributed by atoms with Crippen LogP contribution >= 0.6 is 0 Å². The molecule has 0 spiro atoms. The Morgan fingerprint density at radius 3 is 2.86 bits per heavy atom. The zero-order chi connectivity index (χ0) is 10.6. The fourth-order valence-corrected chi connectivity index (χ4v) is 1.40. The summed E-state index contributed by atoms with van der Waals surface area (Å²) in [6, 6.07) is 2.04. The third-order valence-electron chi connectivity index (χ3n) is 2.21. The van der Waals surface area contributed by atoms with Crippen molar-refractivity contribution in [3.05, 3.63) is 17.5 Å². The van der Waals surface area contributed by atoms with Crippen molar-refractivity contribution in [2.45, 2.75) is 32.6 Å². The molecule has 1 rings (SSSR count). The zero-order valence-electron chi connectivity index (χ0n) is 8.66. The van der Waals surface area contributed by atoms with Crippen molar-refractivity contribution in [2.75, 3.05) is 0 Å². The lowest BCUT2D eigenvalue weighted by atomic mass is 10.2. The molecule has 4 heteroatoms. The van der Waals surface area contributed by atoms with E-state index in [4.69, 9.17) is 5.11 Å². The van der Waals surface area contributed by atoms with Crippen molar-refractivity contribution in [3.8, 4) is 0 Å². The monoisotopic (exact) mass is 196 g/mol. The lowest BCUT2D eigenvalue weighted by Gasteiger charge is -1.98. The van der Waals surface area contributed by atoms with Crippen molar-refractivity contribution in [1.82, 2.24) is 9.78 Å². The molecule has 0 saturated carbocycles. The highest BCUT2D eigenvalue weighted by Crippen LogP contribution is 2.07. The number of aryl methyl sites for hydroxylation is 3. The molecule has 0 aliphatic carbocycles. The highest BCUT2D eigenvalue weighted by Gasteiger charge is 2.04. The summed E-state index contributed by atoms with van der Waals surface area (Å²) in [6.07, 6.45) is 2.62. The molecular weight excluding hydrogens is 180 g/mol. The maximum Gasteiger partial charge on any atom is 0.303 e. The van der Waals surface area contributed by atoms with Crippen molar-refractivity contribution in [3.63, 3.8) is 0 Å². The highest BCUT2D eigenvalue weighted by atomic mass is 16.4. The quantitative estimate of drug-likeness (QED) is 0.774. The topological polar surface area (TPSA) is 55.1 Å². The Labute approximate surface area is 83.5 Å². The summed E-state index contributed by atoms with van der Waals surface area (Å²) in [4.78, 5) is 10.3. The van der Waals surface area contributed by atoms with E-state index in [9.17, 15) is 4.79 Å². The summed E-state index contributed by atoms with van der Waals surface area (Å²) < 4.78 is 1.83. The molecule has 0 saturated heterocycles. The summed E-state index contributed by atoms with van der Waals surface area (Å²) in [7, 11) is 1.90. The van der Waals surface area contributed by atoms with E-state index in [0.29, 0.717) is 6.42 Å². The molecule has 0 aliphatic rings. The molecular formula is C10H16N2O2. The lowest BCUT2D eigenvalue weighted by Crippen LogP contribution is -2.01. The molecule has 14 heavy (non-hydrogen) atoms. The van der Waals surface area contributed by atoms with Gasteiger partial charge in [-0.05, 0) is 25.3 Å². The third kappa shape index (κ3) is 2.87. The van der Waals surface area contributed by atoms with Crippen molar-refractivity contribution >= 4 is 5.97 Å². The van der Waals surface area contributed by atoms with E-state index in [1.54, 1.807) is 0 Å². The van der Waals surface area contributed by atoms with Gasteiger partial charge in [-0.25, -0.2) is 0 Å². The second kappa shape index (κ2) is 4.79. The van der Waals surface area contributed by atoms with E-state index in [2.05, 4.69) is 12.0 Å². The summed E-state index contributed by atoms with van der Waals surface area (Å²) in [5.74, 6) is -0.733. The Morgan fingerprint density at radius 2 is 2.36 bits per heavy atom. The smallest absolute Gasteiger partial charge is 0.303 e. The highest BCUT2D eigenvalue weighted by molar-refractivity contribution is 5.66. The summed E-state index contributed by atoms with van der Waals surface area (Å²) in [6.45, 7) is 2.06. The maximum absolute atomic E-state index is 10.3. The predicted octanol–water partition coefficient (Wildman–Crippen LogP) is 1.39. The molecule has 0 bridgehead atoms. The van der Waals surface area contributed by atoms with Gasteiger partial charge < -0.3 is 5.11 Å². The minimum absolute atomic E-state index is 0.229. The van der Waals surface area contributed by atoms with Crippen LogP contribution in [0.15, 0.2) is 6.07 Å². The van der Waals surface area contributed by atoms with Gasteiger partial charge in [-0.1, -0.05) is 6.92 Å². The van der Waals surface area contributed by atoms with Gasteiger partial charge in [0, 0.05) is 19.2 Å². The number of carboxylic acids is 1. The molecule has 1 aromatic heterocycles. The van der Waals surface area contributed by atoms with Gasteiger partial charge in [-0.2, -0.15) is 5.10 Å². The third-order valence-corrected chi connectivity index (χ3v) is 2.21. The van der Waals surface area contributed by atoms with Crippen LogP contribution in [0.25, 0.3) is 0 Å². The van der Waals surface area contributed by atoms with Gasteiger partial charge in [0.2, 0.25) is 0 Å². The molecule has 78 valence electrons. The van der Waals surface area contributed by atoms with E-state index in [-0.39, 0.29) is 6.42 Å². The fourth-order valence-electron chi connectivity index (χ4n) is 1.40. The Morgan fingerprint density at radius 1 is 1.64 bits per heavy atom. The van der Waals surface area contributed by atoms with Crippen LogP contribution < -0.4 is 0 Å². The molecule has 1 heterocycles. The second-order valence-electron chi connectivity index (χ2n) is 3.35. The van der Waals surface area contributed by atoms with E-state index in [0.717, 1.165) is 24.2 Å². The van der Waals surface area contributed by atoms with Gasteiger partial charge in [0.15, 0.2) is 0 Å². The summed E-state index contributed by atoms with van der Waals surface area (Å²) in [5.41, 5.74) is 2.18. The van der Waals surface area contributed by atoms with Crippen molar-refractivity contribution in [2.24, 2.45) is 7.05 Å². The first-order valence-electron chi connectivity index (χ1n) is 4.87. The average molecular weight is 196 g/mol. The van der Waals surface area contributed by atoms with Crippen molar-refractivity contribution < 1.29 is 9.90 Å². The van der Waals surface area contributed by atoms with E-state index < -0.39 is 5.97 Å². The first-order valence-corrected chi connectivity index (χ1v) is 4.87. The molecule has 1 N–H and O–H groups in total. The largest absolute Gasteiger partial charge is 0.481 e. The standard InChI is InChI=1S/C10H16N2O2/c1-3-8-7-9(12(2)11-8)5-4-6-10(13)14/h7H,3-6H2,1-2H3,(H,13,14). The van der Waals surface area contributed by atoms with Crippen molar-refractivity contribution in [1.29, 1.82) is 0 Å². The predicted molar refractivity (Wildman–Crippen MR) is 53.2 cm³/mol. The molecule has 1 aromatic rings. The van der Waals surface area contributed by atoms with E-state index >= 15 is 0 Å². The van der Waals surface area contributed by atoms with E-state index in [1.807, 2.05) is 17.8 Å². The lowest BCUT2D eigenvalue weighted by molar-refractivity contribution is -0.137. The second-order valence-corrected chi connectivity index (χ2v) is 3.35. The number of hydrogen-bond acceptors (Lipinski definition) is 2. The van der Waals surface area contributed by atoms with Gasteiger partial charge >= 0.3 is 5.97 Å². The number of hydrogen-bond donors (Lipinski definition) is 1. The van der Waals surface area contributed by atoms with Crippen LogP contribution in [0.4, 0.5) is 0 Å². The Balaban J connectivity index is 2.49. The fraction of sp³-hybridized carbons (Fsp3) is 0.600. The first kappa shape index (κ1) is 10.8. The van der Waals surface area contributed by atoms with Crippen LogP contribution in [0.3, 0.4) is 0 Å². The average Bonchev–Trinajstić information content (AvgIpc) is 2.47. The SMILES string of the molecule is CCc1cc(CCCC(=O)O)n(C)n1. The molecule has 0 atom stereocenters. The number of carbonyl (C=O) groups is 1. The van der Waals surface area contributed by atoms with Crippen LogP contribution in [0.2, 0.25) is 0 Å². The summed E-state index contributed by atoms with van der Waals surface area (Å²) in [5, 5.41) is 12.8. The Kier molecular flexibility index (Phi) is 3.68. The normalized spacial score (nSPS) is 10.4. The molecule has 0 aliphatic heterocycles.